The minimum absolute atomic E-state index is 0.224. The summed E-state index contributed by atoms with van der Waals surface area (Å²) in [7, 11) is 0. The summed E-state index contributed by atoms with van der Waals surface area (Å²) in [5, 5.41) is 8.33. The number of nitrogens with zero attached hydrogens (tertiary/aromatic N) is 2. The van der Waals surface area contributed by atoms with Crippen molar-refractivity contribution in [1.29, 1.82) is 0 Å². The molecule has 5 heteroatoms. The highest BCUT2D eigenvalue weighted by Gasteiger charge is 2.06. The van der Waals surface area contributed by atoms with Crippen LogP contribution >= 0.6 is 0 Å². The monoisotopic (exact) mass is 196 g/mol. The molecule has 1 aromatic heterocycles. The van der Waals surface area contributed by atoms with Crippen molar-refractivity contribution in [1.82, 2.24) is 9.55 Å². The Morgan fingerprint density at radius 2 is 2.21 bits per heavy atom. The first-order valence-electron chi connectivity index (χ1n) is 4.37. The second kappa shape index (κ2) is 5.16. The van der Waals surface area contributed by atoms with E-state index in [0.717, 1.165) is 0 Å². The number of hydrogen-bond donors (Lipinski definition) is 1. The molecule has 0 saturated heterocycles. The normalized spacial score (nSPS) is 10.0. The molecule has 0 spiro atoms. The third-order valence-electron chi connectivity index (χ3n) is 1.78. The molecule has 5 nitrogen and oxygen atoms in total. The number of aromatic nitrogens is 2. The Balaban J connectivity index is 2.15. The molecule has 0 aliphatic carbocycles. The average Bonchev–Trinajstić information content (AvgIpc) is 2.55. The lowest BCUT2D eigenvalue weighted by atomic mass is 10.2. The van der Waals surface area contributed by atoms with Crippen LogP contribution in [-0.2, 0) is 16.1 Å². The molecule has 0 atom stereocenters. The van der Waals surface area contributed by atoms with Gasteiger partial charge in [0, 0.05) is 25.4 Å². The zero-order chi connectivity index (χ0) is 10.4. The van der Waals surface area contributed by atoms with Crippen LogP contribution in [0.25, 0.3) is 0 Å². The van der Waals surface area contributed by atoms with Gasteiger partial charge in [0.1, 0.15) is 12.2 Å². The largest absolute Gasteiger partial charge is 0.481 e. The van der Waals surface area contributed by atoms with Crippen molar-refractivity contribution in [3.8, 4) is 0 Å². The lowest BCUT2D eigenvalue weighted by Crippen LogP contribution is -2.07. The van der Waals surface area contributed by atoms with Crippen molar-refractivity contribution in [3.63, 3.8) is 0 Å². The molecule has 0 saturated carbocycles. The fraction of sp³-hybridized carbons (Fsp3) is 0.444. The average molecular weight is 196 g/mol. The maximum atomic E-state index is 11.0. The Bertz CT molecular complexity index is 306. The van der Waals surface area contributed by atoms with E-state index < -0.39 is 5.97 Å². The maximum absolute atomic E-state index is 11.0. The van der Waals surface area contributed by atoms with E-state index in [9.17, 15) is 9.59 Å². The number of carbonyl (C=O) groups excluding carboxylic acids is 1. The van der Waals surface area contributed by atoms with E-state index in [1.807, 2.05) is 10.8 Å². The molecule has 0 aromatic carbocycles. The second-order valence-electron chi connectivity index (χ2n) is 3.01. The molecule has 1 heterocycles. The first-order valence-corrected chi connectivity index (χ1v) is 4.37. The third-order valence-corrected chi connectivity index (χ3v) is 1.78. The standard InChI is InChI=1S/C9H12N2O3/c12-8(6-9(13)14)2-1-4-11-5-3-10-7-11/h3,5,7H,1-2,4,6H2,(H,13,14). The van der Waals surface area contributed by atoms with Gasteiger partial charge >= 0.3 is 5.97 Å². The Kier molecular flexibility index (Phi) is 3.84. The molecule has 0 aliphatic heterocycles. The summed E-state index contributed by atoms with van der Waals surface area (Å²) in [6.07, 6.45) is 5.74. The molecular formula is C9H12N2O3. The molecule has 0 aliphatic rings. The molecular weight excluding hydrogens is 184 g/mol. The van der Waals surface area contributed by atoms with Gasteiger partial charge in [0.25, 0.3) is 0 Å². The molecule has 1 aromatic rings. The number of rotatable bonds is 6. The van der Waals surface area contributed by atoms with Crippen LogP contribution in [0.3, 0.4) is 0 Å². The molecule has 0 amide bonds. The van der Waals surface area contributed by atoms with E-state index in [0.29, 0.717) is 19.4 Å². The summed E-state index contributed by atoms with van der Waals surface area (Å²) in [6, 6.07) is 0. The topological polar surface area (TPSA) is 72.2 Å². The van der Waals surface area contributed by atoms with Gasteiger partial charge in [-0.2, -0.15) is 0 Å². The molecule has 1 rings (SSSR count). The van der Waals surface area contributed by atoms with E-state index in [2.05, 4.69) is 4.98 Å². The van der Waals surface area contributed by atoms with Gasteiger partial charge in [0.15, 0.2) is 0 Å². The summed E-state index contributed by atoms with van der Waals surface area (Å²) in [5.41, 5.74) is 0. The second-order valence-corrected chi connectivity index (χ2v) is 3.01. The van der Waals surface area contributed by atoms with E-state index in [1.165, 1.54) is 0 Å². The highest BCUT2D eigenvalue weighted by atomic mass is 16.4. The molecule has 14 heavy (non-hydrogen) atoms. The number of aryl methyl sites for hydroxylation is 1. The molecule has 1 N–H and O–H groups in total. The fourth-order valence-corrected chi connectivity index (χ4v) is 1.13. The van der Waals surface area contributed by atoms with Gasteiger partial charge in [-0.15, -0.1) is 0 Å². The van der Waals surface area contributed by atoms with E-state index in [-0.39, 0.29) is 12.2 Å². The summed E-state index contributed by atoms with van der Waals surface area (Å²) >= 11 is 0. The number of ketones is 1. The smallest absolute Gasteiger partial charge is 0.310 e. The van der Waals surface area contributed by atoms with Gasteiger partial charge in [-0.1, -0.05) is 0 Å². The van der Waals surface area contributed by atoms with E-state index >= 15 is 0 Å². The van der Waals surface area contributed by atoms with Crippen molar-refractivity contribution in [2.45, 2.75) is 25.8 Å². The Labute approximate surface area is 81.4 Å². The summed E-state index contributed by atoms with van der Waals surface area (Å²) in [6.45, 7) is 0.700. The number of aliphatic carboxylic acids is 1. The molecule has 76 valence electrons. The minimum atomic E-state index is -1.06. The zero-order valence-corrected chi connectivity index (χ0v) is 7.72. The van der Waals surface area contributed by atoms with Gasteiger partial charge in [-0.3, -0.25) is 9.59 Å². The quantitative estimate of drug-likeness (QED) is 0.680. The SMILES string of the molecule is O=C(O)CC(=O)CCCn1ccnc1. The fourth-order valence-electron chi connectivity index (χ4n) is 1.13. The van der Waals surface area contributed by atoms with Gasteiger partial charge in [0.2, 0.25) is 0 Å². The van der Waals surface area contributed by atoms with Crippen molar-refractivity contribution in [2.75, 3.05) is 0 Å². The van der Waals surface area contributed by atoms with Crippen molar-refractivity contribution >= 4 is 11.8 Å². The maximum Gasteiger partial charge on any atom is 0.310 e. The lowest BCUT2D eigenvalue weighted by Gasteiger charge is -2.00. The summed E-state index contributed by atoms with van der Waals surface area (Å²) in [4.78, 5) is 25.0. The van der Waals surface area contributed by atoms with Crippen LogP contribution in [0.15, 0.2) is 18.7 Å². The first-order chi connectivity index (χ1) is 6.68. The molecule has 0 fully saturated rings. The third kappa shape index (κ3) is 3.84. The van der Waals surface area contributed by atoms with Crippen molar-refractivity contribution in [2.24, 2.45) is 0 Å². The predicted molar refractivity (Wildman–Crippen MR) is 48.7 cm³/mol. The minimum Gasteiger partial charge on any atom is -0.481 e. The highest BCUT2D eigenvalue weighted by molar-refractivity contribution is 5.94. The highest BCUT2D eigenvalue weighted by Crippen LogP contribution is 1.98. The van der Waals surface area contributed by atoms with Crippen LogP contribution in [-0.4, -0.2) is 26.4 Å². The number of carboxylic acid groups (broad SMARTS) is 1. The van der Waals surface area contributed by atoms with Crippen LogP contribution in [0.2, 0.25) is 0 Å². The van der Waals surface area contributed by atoms with Crippen LogP contribution in [0.5, 0.6) is 0 Å². The Morgan fingerprint density at radius 3 is 2.79 bits per heavy atom. The van der Waals surface area contributed by atoms with Crippen LogP contribution < -0.4 is 0 Å². The zero-order valence-electron chi connectivity index (χ0n) is 7.72. The predicted octanol–water partition coefficient (Wildman–Crippen LogP) is 0.707. The molecule has 0 unspecified atom stereocenters. The Hall–Kier alpha value is -1.65. The van der Waals surface area contributed by atoms with E-state index in [4.69, 9.17) is 5.11 Å². The van der Waals surface area contributed by atoms with Gasteiger partial charge < -0.3 is 9.67 Å². The number of imidazole rings is 1. The van der Waals surface area contributed by atoms with Crippen molar-refractivity contribution in [3.05, 3.63) is 18.7 Å². The summed E-state index contributed by atoms with van der Waals surface area (Å²) < 4.78 is 1.86. The van der Waals surface area contributed by atoms with Gasteiger partial charge in [-0.25, -0.2) is 4.98 Å². The lowest BCUT2D eigenvalue weighted by molar-refractivity contribution is -0.140. The van der Waals surface area contributed by atoms with Gasteiger partial charge in [-0.05, 0) is 6.42 Å². The summed E-state index contributed by atoms with van der Waals surface area (Å²) in [5.74, 6) is -1.28. The van der Waals surface area contributed by atoms with E-state index in [1.54, 1.807) is 12.5 Å². The van der Waals surface area contributed by atoms with Crippen molar-refractivity contribution < 1.29 is 14.7 Å². The number of hydrogen-bond acceptors (Lipinski definition) is 3. The molecule has 0 radical (unpaired) electrons. The Morgan fingerprint density at radius 1 is 1.43 bits per heavy atom. The molecule has 0 bridgehead atoms. The number of Topliss-reactive ketones (excluding diaryl/α,β-unsaturated/α-hetero) is 1. The van der Waals surface area contributed by atoms with Crippen LogP contribution in [0, 0.1) is 0 Å². The van der Waals surface area contributed by atoms with Crippen LogP contribution in [0.4, 0.5) is 0 Å². The van der Waals surface area contributed by atoms with Crippen LogP contribution in [0.1, 0.15) is 19.3 Å². The number of carbonyl (C=O) groups is 2. The van der Waals surface area contributed by atoms with Gasteiger partial charge in [0.05, 0.1) is 6.33 Å². The number of carboxylic acids is 1. The first kappa shape index (κ1) is 10.4.